The predicted octanol–water partition coefficient (Wildman–Crippen LogP) is 2.79. The summed E-state index contributed by atoms with van der Waals surface area (Å²) in [4.78, 5) is 11.3. The Morgan fingerprint density at radius 1 is 1.14 bits per heavy atom. The summed E-state index contributed by atoms with van der Waals surface area (Å²) in [5, 5.41) is 5.42. The van der Waals surface area contributed by atoms with Gasteiger partial charge in [-0.2, -0.15) is 4.57 Å². The Balaban J connectivity index is 1.98. The Morgan fingerprint density at radius 3 is 2.77 bits per heavy atom. The SMILES string of the molecule is CC(=O)NC[n+]1cc2ccccc2c2c1-c1ccccc1C2. The second-order valence-corrected chi connectivity index (χ2v) is 5.74. The van der Waals surface area contributed by atoms with Crippen molar-refractivity contribution in [1.29, 1.82) is 0 Å². The molecule has 108 valence electrons. The van der Waals surface area contributed by atoms with Crippen LogP contribution in [0.1, 0.15) is 18.1 Å². The normalized spacial score (nSPS) is 12.0. The molecule has 0 radical (unpaired) electrons. The largest absolute Gasteiger partial charge is 0.301 e. The summed E-state index contributed by atoms with van der Waals surface area (Å²) in [6.45, 7) is 2.05. The van der Waals surface area contributed by atoms with Crippen molar-refractivity contribution >= 4 is 16.7 Å². The van der Waals surface area contributed by atoms with Crippen molar-refractivity contribution in [3.63, 3.8) is 0 Å². The number of rotatable bonds is 2. The maximum Gasteiger partial charge on any atom is 0.224 e. The molecule has 4 rings (SSSR count). The molecular weight excluding hydrogens is 272 g/mol. The van der Waals surface area contributed by atoms with E-state index in [1.54, 1.807) is 6.92 Å². The first-order valence-corrected chi connectivity index (χ1v) is 7.51. The monoisotopic (exact) mass is 289 g/mol. The van der Waals surface area contributed by atoms with Gasteiger partial charge in [0.05, 0.1) is 5.56 Å². The molecule has 22 heavy (non-hydrogen) atoms. The number of nitrogens with one attached hydrogen (secondary N) is 1. The highest BCUT2D eigenvalue weighted by Gasteiger charge is 2.29. The lowest BCUT2D eigenvalue weighted by Crippen LogP contribution is -2.44. The fraction of sp³-hybridized carbons (Fsp3) is 0.158. The number of amides is 1. The molecule has 0 fully saturated rings. The van der Waals surface area contributed by atoms with Gasteiger partial charge >= 0.3 is 0 Å². The average Bonchev–Trinajstić information content (AvgIpc) is 2.92. The molecule has 3 nitrogen and oxygen atoms in total. The van der Waals surface area contributed by atoms with Crippen LogP contribution < -0.4 is 9.88 Å². The molecule has 0 saturated carbocycles. The van der Waals surface area contributed by atoms with Gasteiger partial charge in [-0.1, -0.05) is 36.4 Å². The van der Waals surface area contributed by atoms with Crippen LogP contribution in [0.3, 0.4) is 0 Å². The number of aromatic nitrogens is 1. The number of carbonyl (C=O) groups excluding carboxylic acids is 1. The van der Waals surface area contributed by atoms with E-state index in [2.05, 4.69) is 64.6 Å². The van der Waals surface area contributed by atoms with E-state index in [1.165, 1.54) is 33.2 Å². The number of hydrogen-bond donors (Lipinski definition) is 1. The highest BCUT2D eigenvalue weighted by molar-refractivity contribution is 5.91. The Bertz CT molecular complexity index is 899. The smallest absolute Gasteiger partial charge is 0.224 e. The highest BCUT2D eigenvalue weighted by atomic mass is 16.1. The van der Waals surface area contributed by atoms with Gasteiger partial charge in [-0.25, -0.2) is 0 Å². The summed E-state index contributed by atoms with van der Waals surface area (Å²) in [6.07, 6.45) is 3.08. The van der Waals surface area contributed by atoms with E-state index in [0.717, 1.165) is 6.42 Å². The lowest BCUT2D eigenvalue weighted by atomic mass is 10.0. The topological polar surface area (TPSA) is 33.0 Å². The minimum atomic E-state index is -0.0132. The summed E-state index contributed by atoms with van der Waals surface area (Å²) in [6, 6.07) is 17.0. The van der Waals surface area contributed by atoms with Crippen LogP contribution in [-0.4, -0.2) is 5.91 Å². The highest BCUT2D eigenvalue weighted by Crippen LogP contribution is 2.37. The van der Waals surface area contributed by atoms with Crippen LogP contribution in [0.15, 0.2) is 54.7 Å². The molecule has 0 saturated heterocycles. The standard InChI is InChI=1S/C19H16N2O/c1-13(22)20-12-21-11-15-7-3-4-8-16(15)18-10-14-6-2-5-9-17(14)19(18)21/h2-9,11H,10,12H2,1H3/p+1. The first-order valence-electron chi connectivity index (χ1n) is 7.51. The molecule has 0 spiro atoms. The second kappa shape index (κ2) is 4.95. The van der Waals surface area contributed by atoms with Crippen LogP contribution in [-0.2, 0) is 17.9 Å². The molecule has 0 unspecified atom stereocenters. The van der Waals surface area contributed by atoms with E-state index in [9.17, 15) is 4.79 Å². The average molecular weight is 289 g/mol. The molecule has 3 heteroatoms. The Hall–Kier alpha value is -2.68. The summed E-state index contributed by atoms with van der Waals surface area (Å²) in [5.74, 6) is -0.0132. The third-order valence-corrected chi connectivity index (χ3v) is 4.29. The van der Waals surface area contributed by atoms with Gasteiger partial charge in [0.1, 0.15) is 0 Å². The van der Waals surface area contributed by atoms with Gasteiger partial charge in [-0.3, -0.25) is 4.79 Å². The van der Waals surface area contributed by atoms with Gasteiger partial charge in [-0.15, -0.1) is 0 Å². The number of fused-ring (bicyclic) bond motifs is 5. The zero-order valence-electron chi connectivity index (χ0n) is 12.5. The molecule has 1 heterocycles. The Kier molecular flexibility index (Phi) is 2.93. The predicted molar refractivity (Wildman–Crippen MR) is 86.2 cm³/mol. The number of pyridine rings is 1. The molecule has 3 aromatic rings. The molecule has 0 aliphatic heterocycles. The first kappa shape index (κ1) is 13.0. The van der Waals surface area contributed by atoms with E-state index in [1.807, 2.05) is 0 Å². The zero-order valence-corrected chi connectivity index (χ0v) is 12.5. The fourth-order valence-corrected chi connectivity index (χ4v) is 3.33. The molecule has 1 aromatic heterocycles. The molecular formula is C19H17N2O+. The lowest BCUT2D eigenvalue weighted by molar-refractivity contribution is -0.688. The third kappa shape index (κ3) is 1.98. The van der Waals surface area contributed by atoms with Crippen LogP contribution >= 0.6 is 0 Å². The van der Waals surface area contributed by atoms with Crippen molar-refractivity contribution in [1.82, 2.24) is 5.32 Å². The van der Waals surface area contributed by atoms with Crippen molar-refractivity contribution in [2.24, 2.45) is 0 Å². The van der Waals surface area contributed by atoms with Crippen molar-refractivity contribution in [3.05, 3.63) is 65.9 Å². The number of nitrogens with zero attached hydrogens (tertiary/aromatic N) is 1. The van der Waals surface area contributed by atoms with Crippen LogP contribution in [0.5, 0.6) is 0 Å². The van der Waals surface area contributed by atoms with E-state index in [4.69, 9.17) is 0 Å². The number of benzene rings is 2. The summed E-state index contributed by atoms with van der Waals surface area (Å²) >= 11 is 0. The van der Waals surface area contributed by atoms with E-state index >= 15 is 0 Å². The maximum atomic E-state index is 11.3. The Labute approximate surface area is 129 Å². The second-order valence-electron chi connectivity index (χ2n) is 5.74. The minimum absolute atomic E-state index is 0.0132. The third-order valence-electron chi connectivity index (χ3n) is 4.29. The van der Waals surface area contributed by atoms with Crippen molar-refractivity contribution < 1.29 is 9.36 Å². The fourth-order valence-electron chi connectivity index (χ4n) is 3.33. The molecule has 0 bridgehead atoms. The summed E-state index contributed by atoms with van der Waals surface area (Å²) < 4.78 is 2.16. The van der Waals surface area contributed by atoms with E-state index in [0.29, 0.717) is 6.67 Å². The van der Waals surface area contributed by atoms with Crippen molar-refractivity contribution in [2.75, 3.05) is 0 Å². The molecule has 1 aliphatic rings. The lowest BCUT2D eigenvalue weighted by Gasteiger charge is -2.07. The number of carbonyl (C=O) groups is 1. The van der Waals surface area contributed by atoms with Gasteiger partial charge in [0.2, 0.25) is 18.3 Å². The molecule has 1 aliphatic carbocycles. The molecule has 1 amide bonds. The van der Waals surface area contributed by atoms with Gasteiger partial charge in [-0.05, 0) is 23.1 Å². The maximum absolute atomic E-state index is 11.3. The van der Waals surface area contributed by atoms with Gasteiger partial charge in [0.25, 0.3) is 0 Å². The number of hydrogen-bond acceptors (Lipinski definition) is 1. The van der Waals surface area contributed by atoms with Gasteiger partial charge in [0.15, 0.2) is 6.20 Å². The molecule has 2 aromatic carbocycles. The summed E-state index contributed by atoms with van der Waals surface area (Å²) in [7, 11) is 0. The quantitative estimate of drug-likeness (QED) is 0.566. The Morgan fingerprint density at radius 2 is 1.91 bits per heavy atom. The van der Waals surface area contributed by atoms with Gasteiger partial charge in [0, 0.05) is 24.3 Å². The molecule has 1 N–H and O–H groups in total. The minimum Gasteiger partial charge on any atom is -0.301 e. The summed E-state index contributed by atoms with van der Waals surface area (Å²) in [5.41, 5.74) is 5.20. The van der Waals surface area contributed by atoms with Crippen LogP contribution in [0, 0.1) is 0 Å². The van der Waals surface area contributed by atoms with Crippen LogP contribution in [0.4, 0.5) is 0 Å². The van der Waals surface area contributed by atoms with Crippen LogP contribution in [0.2, 0.25) is 0 Å². The van der Waals surface area contributed by atoms with E-state index in [-0.39, 0.29) is 5.91 Å². The molecule has 0 atom stereocenters. The van der Waals surface area contributed by atoms with Crippen molar-refractivity contribution in [2.45, 2.75) is 20.0 Å². The zero-order chi connectivity index (χ0) is 15.1. The van der Waals surface area contributed by atoms with Gasteiger partial charge < -0.3 is 5.32 Å². The van der Waals surface area contributed by atoms with Crippen LogP contribution in [0.25, 0.3) is 22.0 Å². The van der Waals surface area contributed by atoms with Crippen molar-refractivity contribution in [3.8, 4) is 11.3 Å². The first-order chi connectivity index (χ1) is 10.7. The van der Waals surface area contributed by atoms with E-state index < -0.39 is 0 Å².